The predicted octanol–water partition coefficient (Wildman–Crippen LogP) is 2.16. The normalized spacial score (nSPS) is 25.3. The lowest BCUT2D eigenvalue weighted by molar-refractivity contribution is -0.140. The van der Waals surface area contributed by atoms with Crippen molar-refractivity contribution in [3.05, 3.63) is 29.8 Å². The highest BCUT2D eigenvalue weighted by molar-refractivity contribution is 6.08. The van der Waals surface area contributed by atoms with E-state index in [1.165, 1.54) is 5.56 Å². The van der Waals surface area contributed by atoms with Gasteiger partial charge in [0.25, 0.3) is 11.8 Å². The highest BCUT2D eigenvalue weighted by Crippen LogP contribution is 2.35. The van der Waals surface area contributed by atoms with E-state index >= 15 is 0 Å². The van der Waals surface area contributed by atoms with Gasteiger partial charge in [0.05, 0.1) is 0 Å². The van der Waals surface area contributed by atoms with Crippen LogP contribution in [-0.2, 0) is 16.0 Å². The van der Waals surface area contributed by atoms with E-state index < -0.39 is 17.5 Å². The molecule has 0 atom stereocenters. The van der Waals surface area contributed by atoms with Gasteiger partial charge in [-0.2, -0.15) is 5.01 Å². The molecule has 1 aliphatic heterocycles. The lowest BCUT2D eigenvalue weighted by Crippen LogP contribution is -2.52. The number of rotatable bonds is 5. The molecule has 1 aliphatic carbocycles. The minimum absolute atomic E-state index is 0.271. The molecule has 7 nitrogen and oxygen atoms in total. The first-order valence-electron chi connectivity index (χ1n) is 9.11. The van der Waals surface area contributed by atoms with Gasteiger partial charge in [-0.3, -0.25) is 15.0 Å². The third kappa shape index (κ3) is 3.66. The zero-order chi connectivity index (χ0) is 18.7. The Morgan fingerprint density at radius 3 is 2.54 bits per heavy atom. The molecular weight excluding hydrogens is 334 g/mol. The number of ether oxygens (including phenoxy) is 1. The van der Waals surface area contributed by atoms with Crippen molar-refractivity contribution in [2.75, 3.05) is 6.61 Å². The highest BCUT2D eigenvalue weighted by Gasteiger charge is 2.52. The van der Waals surface area contributed by atoms with Gasteiger partial charge in [0.15, 0.2) is 6.61 Å². The average Bonchev–Trinajstić information content (AvgIpc) is 2.87. The van der Waals surface area contributed by atoms with Crippen LogP contribution in [0.3, 0.4) is 0 Å². The Bertz CT molecular complexity index is 693. The summed E-state index contributed by atoms with van der Waals surface area (Å²) in [6.45, 7) is 3.92. The second-order valence-corrected chi connectivity index (χ2v) is 7.16. The number of nitrogens with one attached hydrogen (secondary N) is 2. The lowest BCUT2D eigenvalue weighted by atomic mass is 9.77. The molecular formula is C19H25N3O4. The van der Waals surface area contributed by atoms with Gasteiger partial charge in [0, 0.05) is 0 Å². The van der Waals surface area contributed by atoms with Crippen LogP contribution >= 0.6 is 0 Å². The van der Waals surface area contributed by atoms with Crippen molar-refractivity contribution >= 4 is 17.8 Å². The molecule has 0 unspecified atom stereocenters. The maximum atomic E-state index is 12.7. The monoisotopic (exact) mass is 359 g/mol. The maximum Gasteiger partial charge on any atom is 0.344 e. The number of amides is 4. The second kappa shape index (κ2) is 7.35. The van der Waals surface area contributed by atoms with E-state index in [1.807, 2.05) is 12.1 Å². The van der Waals surface area contributed by atoms with Crippen molar-refractivity contribution in [3.63, 3.8) is 0 Å². The van der Waals surface area contributed by atoms with E-state index in [1.54, 1.807) is 12.1 Å². The number of hydrogen-bond acceptors (Lipinski definition) is 4. The summed E-state index contributed by atoms with van der Waals surface area (Å²) in [6.07, 6.45) is 3.89. The van der Waals surface area contributed by atoms with Crippen LogP contribution in [0.5, 0.6) is 5.75 Å². The fraction of sp³-hybridized carbons (Fsp3) is 0.526. The Morgan fingerprint density at radius 2 is 1.92 bits per heavy atom. The Hall–Kier alpha value is -2.57. The molecule has 2 aliphatic rings. The minimum Gasteiger partial charge on any atom is -0.484 e. The summed E-state index contributed by atoms with van der Waals surface area (Å²) in [7, 11) is 0. The highest BCUT2D eigenvalue weighted by atomic mass is 16.5. The number of hydrazine groups is 1. The number of imide groups is 1. The number of urea groups is 1. The van der Waals surface area contributed by atoms with Crippen molar-refractivity contribution in [3.8, 4) is 5.75 Å². The van der Waals surface area contributed by atoms with Crippen LogP contribution in [0.4, 0.5) is 4.79 Å². The average molecular weight is 359 g/mol. The van der Waals surface area contributed by atoms with Crippen molar-refractivity contribution in [2.45, 2.75) is 51.5 Å². The van der Waals surface area contributed by atoms with Gasteiger partial charge in [0.2, 0.25) is 0 Å². The number of benzene rings is 1. The number of carbonyl (C=O) groups excluding carboxylic acids is 3. The number of aryl methyl sites for hydroxylation is 1. The van der Waals surface area contributed by atoms with Crippen LogP contribution in [0.25, 0.3) is 0 Å². The molecule has 2 fully saturated rings. The summed E-state index contributed by atoms with van der Waals surface area (Å²) in [4.78, 5) is 36.9. The van der Waals surface area contributed by atoms with Crippen molar-refractivity contribution < 1.29 is 19.1 Å². The Kier molecular flexibility index (Phi) is 5.15. The third-order valence-electron chi connectivity index (χ3n) is 5.23. The molecule has 0 radical (unpaired) electrons. The van der Waals surface area contributed by atoms with E-state index in [2.05, 4.69) is 24.6 Å². The molecule has 0 aromatic heterocycles. The first kappa shape index (κ1) is 18.2. The van der Waals surface area contributed by atoms with E-state index in [0.29, 0.717) is 24.5 Å². The van der Waals surface area contributed by atoms with Crippen molar-refractivity contribution in [2.24, 2.45) is 5.92 Å². The molecule has 4 amide bonds. The third-order valence-corrected chi connectivity index (χ3v) is 5.23. The van der Waals surface area contributed by atoms with Gasteiger partial charge in [-0.1, -0.05) is 26.0 Å². The first-order chi connectivity index (χ1) is 12.4. The van der Waals surface area contributed by atoms with Gasteiger partial charge < -0.3 is 10.1 Å². The summed E-state index contributed by atoms with van der Waals surface area (Å²) in [5, 5.41) is 3.56. The SMILES string of the molecule is CCc1ccc(OCC(=O)NN2C(=O)NC3(CCC(C)CC3)C2=O)cc1. The van der Waals surface area contributed by atoms with Gasteiger partial charge >= 0.3 is 6.03 Å². The van der Waals surface area contributed by atoms with Gasteiger partial charge in [-0.25, -0.2) is 4.79 Å². The van der Waals surface area contributed by atoms with E-state index in [-0.39, 0.29) is 12.5 Å². The zero-order valence-corrected chi connectivity index (χ0v) is 15.2. The number of hydrogen-bond donors (Lipinski definition) is 2. The molecule has 140 valence electrons. The molecule has 1 saturated carbocycles. The lowest BCUT2D eigenvalue weighted by Gasteiger charge is -2.33. The van der Waals surface area contributed by atoms with Gasteiger partial charge in [-0.15, -0.1) is 0 Å². The fourth-order valence-electron chi connectivity index (χ4n) is 3.44. The molecule has 26 heavy (non-hydrogen) atoms. The molecule has 1 heterocycles. The van der Waals surface area contributed by atoms with Crippen LogP contribution < -0.4 is 15.5 Å². The summed E-state index contributed by atoms with van der Waals surface area (Å²) in [5.74, 6) is 0.179. The number of nitrogens with zero attached hydrogens (tertiary/aromatic N) is 1. The number of carbonyl (C=O) groups is 3. The molecule has 1 aromatic carbocycles. The largest absolute Gasteiger partial charge is 0.484 e. The molecule has 1 aromatic rings. The quantitative estimate of drug-likeness (QED) is 0.789. The van der Waals surface area contributed by atoms with E-state index in [4.69, 9.17) is 4.74 Å². The minimum atomic E-state index is -0.867. The van der Waals surface area contributed by atoms with Crippen LogP contribution in [-0.4, -0.2) is 35.0 Å². The summed E-state index contributed by atoms with van der Waals surface area (Å²) in [5.41, 5.74) is 2.67. The van der Waals surface area contributed by atoms with Crippen LogP contribution in [0.2, 0.25) is 0 Å². The smallest absolute Gasteiger partial charge is 0.344 e. The first-order valence-corrected chi connectivity index (χ1v) is 9.11. The standard InChI is InChI=1S/C19H25N3O4/c1-3-14-4-6-15(7-5-14)26-12-16(23)21-22-17(24)19(20-18(22)25)10-8-13(2)9-11-19/h4-7,13H,3,8-12H2,1-2H3,(H,20,25)(H,21,23). The Labute approximate surface area is 153 Å². The summed E-state index contributed by atoms with van der Waals surface area (Å²) < 4.78 is 5.42. The predicted molar refractivity (Wildman–Crippen MR) is 95.2 cm³/mol. The Balaban J connectivity index is 1.55. The molecule has 2 N–H and O–H groups in total. The fourth-order valence-corrected chi connectivity index (χ4v) is 3.44. The molecule has 7 heteroatoms. The van der Waals surface area contributed by atoms with Crippen molar-refractivity contribution in [1.29, 1.82) is 0 Å². The van der Waals surface area contributed by atoms with E-state index in [0.717, 1.165) is 24.3 Å². The van der Waals surface area contributed by atoms with E-state index in [9.17, 15) is 14.4 Å². The molecule has 3 rings (SSSR count). The summed E-state index contributed by atoms with van der Waals surface area (Å²) in [6, 6.07) is 6.86. The maximum absolute atomic E-state index is 12.7. The van der Waals surface area contributed by atoms with Crippen LogP contribution in [0.1, 0.15) is 45.1 Å². The van der Waals surface area contributed by atoms with Gasteiger partial charge in [-0.05, 0) is 55.7 Å². The van der Waals surface area contributed by atoms with Crippen LogP contribution in [0.15, 0.2) is 24.3 Å². The molecule has 0 bridgehead atoms. The second-order valence-electron chi connectivity index (χ2n) is 7.16. The summed E-state index contributed by atoms with van der Waals surface area (Å²) >= 11 is 0. The van der Waals surface area contributed by atoms with Crippen LogP contribution in [0, 0.1) is 5.92 Å². The Morgan fingerprint density at radius 1 is 1.27 bits per heavy atom. The topological polar surface area (TPSA) is 87.7 Å². The van der Waals surface area contributed by atoms with Crippen molar-refractivity contribution in [1.82, 2.24) is 15.8 Å². The molecule has 1 saturated heterocycles. The molecule has 1 spiro atoms. The zero-order valence-electron chi connectivity index (χ0n) is 15.2. The van der Waals surface area contributed by atoms with Gasteiger partial charge in [0.1, 0.15) is 11.3 Å².